The molecule has 0 aliphatic heterocycles. The molecule has 0 N–H and O–H groups in total. The number of benzene rings is 1. The van der Waals surface area contributed by atoms with Crippen LogP contribution >= 0.6 is 0 Å². The number of nitrogens with zero attached hydrogens (tertiary/aromatic N) is 3. The van der Waals surface area contributed by atoms with Crippen LogP contribution in [-0.2, 0) is 14.8 Å². The average Bonchev–Trinajstić information content (AvgIpc) is 2.70. The van der Waals surface area contributed by atoms with Gasteiger partial charge in [-0.15, -0.1) is 0 Å². The van der Waals surface area contributed by atoms with E-state index in [-0.39, 0.29) is 29.6 Å². The van der Waals surface area contributed by atoms with Gasteiger partial charge in [0.25, 0.3) is 10.0 Å². The standard InChI is InChI=1S/C19H22F3N3O4S/c1-4-24(18(26)19(20,21)22)11-12-25(15-9-10-17(29-3)23-13-15)30(27,28)16-8-6-5-7-14(16)2/h5-10,13H,4,11-12H2,1-3H3. The maximum atomic E-state index is 13.3. The molecule has 1 heterocycles. The van der Waals surface area contributed by atoms with E-state index in [9.17, 15) is 26.4 Å². The van der Waals surface area contributed by atoms with Crippen molar-refractivity contribution in [1.82, 2.24) is 9.88 Å². The van der Waals surface area contributed by atoms with Gasteiger partial charge in [0.05, 0.1) is 30.4 Å². The van der Waals surface area contributed by atoms with Crippen molar-refractivity contribution in [3.8, 4) is 5.88 Å². The fraction of sp³-hybridized carbons (Fsp3) is 0.368. The van der Waals surface area contributed by atoms with Crippen molar-refractivity contribution in [3.63, 3.8) is 0 Å². The molecule has 1 aromatic heterocycles. The Hall–Kier alpha value is -2.82. The summed E-state index contributed by atoms with van der Waals surface area (Å²) >= 11 is 0. The number of rotatable bonds is 8. The minimum atomic E-state index is -5.04. The molecule has 0 saturated carbocycles. The molecule has 1 amide bonds. The Morgan fingerprint density at radius 2 is 1.80 bits per heavy atom. The van der Waals surface area contributed by atoms with Crippen LogP contribution in [-0.4, -0.2) is 57.1 Å². The van der Waals surface area contributed by atoms with Gasteiger partial charge >= 0.3 is 12.1 Å². The third-order valence-electron chi connectivity index (χ3n) is 4.36. The van der Waals surface area contributed by atoms with E-state index in [0.717, 1.165) is 4.31 Å². The number of pyridine rings is 1. The summed E-state index contributed by atoms with van der Waals surface area (Å²) in [4.78, 5) is 16.1. The molecular formula is C19H22F3N3O4S. The first kappa shape index (κ1) is 23.5. The van der Waals surface area contributed by atoms with Crippen molar-refractivity contribution in [2.45, 2.75) is 24.9 Å². The molecule has 11 heteroatoms. The predicted octanol–water partition coefficient (Wildman–Crippen LogP) is 3.00. The van der Waals surface area contributed by atoms with Gasteiger partial charge in [0.1, 0.15) is 0 Å². The zero-order valence-corrected chi connectivity index (χ0v) is 17.5. The summed E-state index contributed by atoms with van der Waals surface area (Å²) in [6, 6.07) is 9.12. The van der Waals surface area contributed by atoms with E-state index in [2.05, 4.69) is 4.98 Å². The molecule has 164 valence electrons. The summed E-state index contributed by atoms with van der Waals surface area (Å²) in [7, 11) is -2.74. The van der Waals surface area contributed by atoms with Crippen LogP contribution in [0.4, 0.5) is 18.9 Å². The lowest BCUT2D eigenvalue weighted by molar-refractivity contribution is -0.185. The number of methoxy groups -OCH3 is 1. The Balaban J connectivity index is 2.44. The third-order valence-corrected chi connectivity index (χ3v) is 6.35. The lowest BCUT2D eigenvalue weighted by Gasteiger charge is -2.29. The molecule has 30 heavy (non-hydrogen) atoms. The third kappa shape index (κ3) is 5.21. The van der Waals surface area contributed by atoms with E-state index in [4.69, 9.17) is 4.74 Å². The Labute approximate surface area is 173 Å². The minimum absolute atomic E-state index is 0.00557. The number of anilines is 1. The molecular weight excluding hydrogens is 423 g/mol. The second-order valence-electron chi connectivity index (χ2n) is 6.28. The Bertz CT molecular complexity index is 979. The van der Waals surface area contributed by atoms with Gasteiger partial charge in [-0.3, -0.25) is 9.10 Å². The number of alkyl halides is 3. The molecule has 0 aliphatic rings. The number of hydrogen-bond acceptors (Lipinski definition) is 5. The Morgan fingerprint density at radius 3 is 2.30 bits per heavy atom. The van der Waals surface area contributed by atoms with Crippen molar-refractivity contribution in [1.29, 1.82) is 0 Å². The Kier molecular flexibility index (Phi) is 7.30. The van der Waals surface area contributed by atoms with Gasteiger partial charge in [0, 0.05) is 19.2 Å². The summed E-state index contributed by atoms with van der Waals surface area (Å²) in [5.74, 6) is -1.78. The molecule has 0 radical (unpaired) electrons. The van der Waals surface area contributed by atoms with E-state index < -0.39 is 28.7 Å². The van der Waals surface area contributed by atoms with Gasteiger partial charge in [-0.05, 0) is 31.5 Å². The number of amides is 1. The number of ether oxygens (including phenoxy) is 1. The lowest BCUT2D eigenvalue weighted by Crippen LogP contribution is -2.46. The lowest BCUT2D eigenvalue weighted by atomic mass is 10.2. The summed E-state index contributed by atoms with van der Waals surface area (Å²) in [5.41, 5.74) is 0.609. The highest BCUT2D eigenvalue weighted by Gasteiger charge is 2.42. The first-order chi connectivity index (χ1) is 14.0. The molecule has 7 nitrogen and oxygen atoms in total. The zero-order chi connectivity index (χ0) is 22.5. The molecule has 0 aliphatic carbocycles. The number of aromatic nitrogens is 1. The normalized spacial score (nSPS) is 11.8. The predicted molar refractivity (Wildman–Crippen MR) is 105 cm³/mol. The van der Waals surface area contributed by atoms with Crippen molar-refractivity contribution in [3.05, 3.63) is 48.2 Å². The highest BCUT2D eigenvalue weighted by atomic mass is 32.2. The van der Waals surface area contributed by atoms with E-state index in [0.29, 0.717) is 10.5 Å². The largest absolute Gasteiger partial charge is 0.481 e. The van der Waals surface area contributed by atoms with Crippen molar-refractivity contribution in [2.75, 3.05) is 31.0 Å². The van der Waals surface area contributed by atoms with E-state index >= 15 is 0 Å². The van der Waals surface area contributed by atoms with E-state index in [1.807, 2.05) is 0 Å². The van der Waals surface area contributed by atoms with E-state index in [1.165, 1.54) is 38.4 Å². The molecule has 1 aromatic carbocycles. The van der Waals surface area contributed by atoms with Crippen LogP contribution in [0.5, 0.6) is 5.88 Å². The first-order valence-corrected chi connectivity index (χ1v) is 10.4. The second-order valence-corrected chi connectivity index (χ2v) is 8.11. The first-order valence-electron chi connectivity index (χ1n) is 8.96. The number of halogens is 3. The molecule has 0 atom stereocenters. The highest BCUT2D eigenvalue weighted by Crippen LogP contribution is 2.26. The van der Waals surface area contributed by atoms with Crippen molar-refractivity contribution in [2.24, 2.45) is 0 Å². The molecule has 2 rings (SSSR count). The van der Waals surface area contributed by atoms with Gasteiger partial charge in [0.2, 0.25) is 5.88 Å². The summed E-state index contributed by atoms with van der Waals surface area (Å²) in [5, 5.41) is 0. The fourth-order valence-electron chi connectivity index (χ4n) is 2.79. The van der Waals surface area contributed by atoms with E-state index in [1.54, 1.807) is 25.1 Å². The van der Waals surface area contributed by atoms with Crippen LogP contribution in [0.3, 0.4) is 0 Å². The number of aryl methyl sites for hydroxylation is 1. The Morgan fingerprint density at radius 1 is 1.13 bits per heavy atom. The maximum Gasteiger partial charge on any atom is 0.471 e. The van der Waals surface area contributed by atoms with Crippen LogP contribution < -0.4 is 9.04 Å². The van der Waals surface area contributed by atoms with Crippen LogP contribution in [0.1, 0.15) is 12.5 Å². The number of carbonyl (C=O) groups is 1. The molecule has 0 spiro atoms. The van der Waals surface area contributed by atoms with Crippen molar-refractivity contribution < 1.29 is 31.1 Å². The van der Waals surface area contributed by atoms with Gasteiger partial charge in [-0.25, -0.2) is 13.4 Å². The monoisotopic (exact) mass is 445 g/mol. The van der Waals surface area contributed by atoms with Crippen LogP contribution in [0.25, 0.3) is 0 Å². The molecule has 0 saturated heterocycles. The molecule has 2 aromatic rings. The van der Waals surface area contributed by atoms with Crippen LogP contribution in [0, 0.1) is 6.92 Å². The summed E-state index contributed by atoms with van der Waals surface area (Å²) < 4.78 is 71.0. The fourth-order valence-corrected chi connectivity index (χ4v) is 4.46. The number of sulfonamides is 1. The van der Waals surface area contributed by atoms with Gasteiger partial charge < -0.3 is 9.64 Å². The number of likely N-dealkylation sites (N-methyl/N-ethyl adjacent to an activating group) is 1. The molecule has 0 fully saturated rings. The SMILES string of the molecule is CCN(CCN(c1ccc(OC)nc1)S(=O)(=O)c1ccccc1C)C(=O)C(F)(F)F. The summed E-state index contributed by atoms with van der Waals surface area (Å²) in [6.07, 6.45) is -3.80. The average molecular weight is 445 g/mol. The number of carbonyl (C=O) groups excluding carboxylic acids is 1. The highest BCUT2D eigenvalue weighted by molar-refractivity contribution is 7.92. The quantitative estimate of drug-likeness (QED) is 0.624. The molecule has 0 bridgehead atoms. The maximum absolute atomic E-state index is 13.3. The second kappa shape index (κ2) is 9.33. The van der Waals surface area contributed by atoms with Crippen molar-refractivity contribution >= 4 is 21.6 Å². The van der Waals surface area contributed by atoms with Gasteiger partial charge in [-0.1, -0.05) is 18.2 Å². The van der Waals surface area contributed by atoms with Gasteiger partial charge in [-0.2, -0.15) is 13.2 Å². The zero-order valence-electron chi connectivity index (χ0n) is 16.7. The number of hydrogen-bond donors (Lipinski definition) is 0. The topological polar surface area (TPSA) is 79.8 Å². The minimum Gasteiger partial charge on any atom is -0.481 e. The van der Waals surface area contributed by atoms with Gasteiger partial charge in [0.15, 0.2) is 0 Å². The van der Waals surface area contributed by atoms with Crippen LogP contribution in [0.2, 0.25) is 0 Å². The summed E-state index contributed by atoms with van der Waals surface area (Å²) in [6.45, 7) is 1.94. The van der Waals surface area contributed by atoms with Crippen LogP contribution in [0.15, 0.2) is 47.5 Å². The molecule has 0 unspecified atom stereocenters. The smallest absolute Gasteiger partial charge is 0.471 e.